The first kappa shape index (κ1) is 41.7. The molecule has 4 unspecified atom stereocenters. The third-order valence-corrected chi connectivity index (χ3v) is 11.9. The molecule has 4 atom stereocenters. The minimum Gasteiger partial charge on any atom is -0.406 e. The molecule has 1 saturated carbocycles. The maximum atomic E-state index is 15.0. The highest BCUT2D eigenvalue weighted by Crippen LogP contribution is 2.59. The van der Waals surface area contributed by atoms with E-state index in [0.29, 0.717) is 61.6 Å². The van der Waals surface area contributed by atoms with Crippen molar-refractivity contribution in [2.24, 2.45) is 5.41 Å². The van der Waals surface area contributed by atoms with Crippen LogP contribution >= 0.6 is 0 Å². The third kappa shape index (κ3) is 9.79. The molecule has 1 fully saturated rings. The Kier molecular flexibility index (Phi) is 12.6. The molecule has 0 aliphatic heterocycles. The molecule has 0 radical (unpaired) electrons. The first-order valence-corrected chi connectivity index (χ1v) is 19.8. The predicted octanol–water partition coefficient (Wildman–Crippen LogP) is 10.1. The van der Waals surface area contributed by atoms with Gasteiger partial charge in [0.05, 0.1) is 18.2 Å². The smallest absolute Gasteiger partial charge is 0.406 e. The minimum absolute atomic E-state index is 0.0317. The number of nitrogens with zero attached hydrogens (tertiary/aromatic N) is 1. The number of ether oxygens (including phenoxy) is 1. The second kappa shape index (κ2) is 17.3. The van der Waals surface area contributed by atoms with Crippen LogP contribution in [-0.4, -0.2) is 57.6 Å². The van der Waals surface area contributed by atoms with Gasteiger partial charge in [-0.05, 0) is 118 Å². The number of fused-ring (bicyclic) bond motifs is 8. The molecule has 2 amide bonds. The first-order chi connectivity index (χ1) is 27.0. The number of aliphatic hydroxyl groups is 2. The minimum atomic E-state index is -4.83. The van der Waals surface area contributed by atoms with Crippen LogP contribution in [-0.2, 0) is 13.0 Å². The fourth-order valence-electron chi connectivity index (χ4n) is 8.76. The highest BCUT2D eigenvalue weighted by molar-refractivity contribution is 6.13. The van der Waals surface area contributed by atoms with Gasteiger partial charge < -0.3 is 25.2 Å². The van der Waals surface area contributed by atoms with E-state index in [2.05, 4.69) is 30.0 Å². The van der Waals surface area contributed by atoms with E-state index in [1.54, 1.807) is 0 Å². The number of allylic oxidation sites excluding steroid dienone is 2. The number of nitrogens with one attached hydrogen (secondary N) is 1. The van der Waals surface area contributed by atoms with E-state index in [-0.39, 0.29) is 36.6 Å². The van der Waals surface area contributed by atoms with E-state index in [0.717, 1.165) is 27.8 Å². The van der Waals surface area contributed by atoms with Gasteiger partial charge in [0.15, 0.2) is 5.78 Å². The van der Waals surface area contributed by atoms with E-state index in [1.807, 2.05) is 86.6 Å². The van der Waals surface area contributed by atoms with Crippen LogP contribution in [0.15, 0.2) is 109 Å². The Labute approximate surface area is 333 Å². The number of carbonyl (C=O) groups is 2. The molecule has 3 aliphatic carbocycles. The maximum absolute atomic E-state index is 15.0. The number of carbonyl (C=O) groups excluding carboxylic acids is 2. The van der Waals surface area contributed by atoms with Gasteiger partial charge in [-0.3, -0.25) is 4.79 Å². The van der Waals surface area contributed by atoms with Crippen molar-refractivity contribution in [3.05, 3.63) is 137 Å². The van der Waals surface area contributed by atoms with Crippen LogP contribution < -0.4 is 10.1 Å². The highest BCUT2D eigenvalue weighted by atomic mass is 19.4. The van der Waals surface area contributed by atoms with E-state index in [4.69, 9.17) is 0 Å². The number of hydrogen-bond donors (Lipinski definition) is 3. The average Bonchev–Trinajstić information content (AvgIpc) is 3.42. The van der Waals surface area contributed by atoms with E-state index in [1.165, 1.54) is 29.2 Å². The lowest BCUT2D eigenvalue weighted by Gasteiger charge is -2.46. The lowest BCUT2D eigenvalue weighted by Crippen LogP contribution is -2.55. The lowest BCUT2D eigenvalue weighted by molar-refractivity contribution is -0.274. The fourth-order valence-corrected chi connectivity index (χ4v) is 8.76. The molecule has 302 valence electrons. The summed E-state index contributed by atoms with van der Waals surface area (Å²) in [6, 6.07) is 28.0. The second-order valence-corrected chi connectivity index (χ2v) is 16.3. The molecule has 4 aromatic rings. The summed E-state index contributed by atoms with van der Waals surface area (Å²) in [6.45, 7) is 7.77. The van der Waals surface area contributed by atoms with E-state index < -0.39 is 29.5 Å². The van der Waals surface area contributed by atoms with Gasteiger partial charge in [0, 0.05) is 29.1 Å². The molecule has 3 aliphatic rings. The Morgan fingerprint density at radius 3 is 2.33 bits per heavy atom. The summed E-state index contributed by atoms with van der Waals surface area (Å²) in [4.78, 5) is 30.4. The lowest BCUT2D eigenvalue weighted by atomic mass is 9.64. The average molecular weight is 783 g/mol. The zero-order valence-corrected chi connectivity index (χ0v) is 33.1. The van der Waals surface area contributed by atoms with Crippen molar-refractivity contribution in [3.8, 4) is 16.9 Å². The maximum Gasteiger partial charge on any atom is 0.573 e. The van der Waals surface area contributed by atoms with Crippen molar-refractivity contribution in [1.29, 1.82) is 0 Å². The fraction of sp³-hybridized carbons (Fsp3) is 0.404. The van der Waals surface area contributed by atoms with Crippen molar-refractivity contribution in [2.45, 2.75) is 109 Å². The number of urea groups is 1. The Balaban J connectivity index is 1.42. The van der Waals surface area contributed by atoms with Crippen LogP contribution in [0.4, 0.5) is 18.0 Å². The number of ketones is 1. The topological polar surface area (TPSA) is 99.1 Å². The largest absolute Gasteiger partial charge is 0.573 e. The van der Waals surface area contributed by atoms with Gasteiger partial charge in [-0.15, -0.1) is 13.2 Å². The molecule has 4 aromatic carbocycles. The number of rotatable bonds is 9. The molecule has 0 aromatic heterocycles. The number of aliphatic hydroxyl groups excluding tert-OH is 1. The molecule has 7 nitrogen and oxygen atoms in total. The van der Waals surface area contributed by atoms with Crippen LogP contribution in [0.2, 0.25) is 0 Å². The molecule has 7 rings (SSSR count). The molecule has 10 heteroatoms. The SMILES string of the molecule is CC1=CCCC2(C)C(CCC2(O)CN(Cc2ccc(OC(F)(F)F)cc2)C(=O)NC(C)C)c2ccc(cc2C(=O)c2ccccc2-c2ccccc2)CC(O)CC1. The van der Waals surface area contributed by atoms with Crippen LogP contribution in [0, 0.1) is 5.41 Å². The summed E-state index contributed by atoms with van der Waals surface area (Å²) in [5, 5.41) is 27.1. The van der Waals surface area contributed by atoms with Crippen LogP contribution in [0.1, 0.15) is 105 Å². The van der Waals surface area contributed by atoms with Gasteiger partial charge in [-0.1, -0.05) is 97.4 Å². The van der Waals surface area contributed by atoms with Crippen molar-refractivity contribution in [3.63, 3.8) is 0 Å². The zero-order valence-electron chi connectivity index (χ0n) is 33.1. The molecular formula is C47H53F3N2O5. The predicted molar refractivity (Wildman–Crippen MR) is 216 cm³/mol. The summed E-state index contributed by atoms with van der Waals surface area (Å²) in [5.74, 6) is -0.790. The summed E-state index contributed by atoms with van der Waals surface area (Å²) in [6.07, 6.45) is 0.477. The molecule has 2 bridgehead atoms. The van der Waals surface area contributed by atoms with Gasteiger partial charge in [0.1, 0.15) is 5.75 Å². The Hall–Kier alpha value is -4.93. The number of amides is 2. The number of benzene rings is 4. The van der Waals surface area contributed by atoms with Crippen molar-refractivity contribution < 1.29 is 37.7 Å². The number of halogens is 3. The summed E-state index contributed by atoms with van der Waals surface area (Å²) in [7, 11) is 0. The first-order valence-electron chi connectivity index (χ1n) is 19.8. The normalized spacial score (nSPS) is 22.7. The standard InChI is InChI=1S/C47H53F3N2O5/c1-31(2)51-44(55)52(29-33-17-21-37(22-18-33)57-47(48,49)50)30-46(56)26-24-42-39-23-19-34(27-36(53)20-16-32(3)11-10-25-45(42,46)4)28-41(39)43(54)40-15-9-8-14-38(40)35-12-6-5-7-13-35/h5-9,11-15,17-19,21-23,28,31,36,42,53,56H,10,16,20,24-27,29-30H2,1-4H3,(H,51,55). The van der Waals surface area contributed by atoms with Crippen LogP contribution in [0.3, 0.4) is 0 Å². The van der Waals surface area contributed by atoms with Crippen molar-refractivity contribution in [2.75, 3.05) is 6.54 Å². The summed E-state index contributed by atoms with van der Waals surface area (Å²) >= 11 is 0. The third-order valence-electron chi connectivity index (χ3n) is 11.9. The van der Waals surface area contributed by atoms with Gasteiger partial charge in [0.2, 0.25) is 0 Å². The van der Waals surface area contributed by atoms with Crippen molar-refractivity contribution in [1.82, 2.24) is 10.2 Å². The number of hydrogen-bond acceptors (Lipinski definition) is 5. The van der Waals surface area contributed by atoms with Gasteiger partial charge in [-0.25, -0.2) is 4.79 Å². The summed E-state index contributed by atoms with van der Waals surface area (Å²) in [5.41, 5.74) is 3.95. The van der Waals surface area contributed by atoms with E-state index in [9.17, 15) is 33.0 Å². The second-order valence-electron chi connectivity index (χ2n) is 16.3. The Morgan fingerprint density at radius 2 is 1.63 bits per heavy atom. The van der Waals surface area contributed by atoms with Crippen molar-refractivity contribution >= 4 is 11.8 Å². The quantitative estimate of drug-likeness (QED) is 0.116. The summed E-state index contributed by atoms with van der Waals surface area (Å²) < 4.78 is 42.7. The van der Waals surface area contributed by atoms with Gasteiger partial charge >= 0.3 is 12.4 Å². The molecule has 0 saturated heterocycles. The molecular weight excluding hydrogens is 730 g/mol. The Bertz CT molecular complexity index is 2070. The zero-order chi connectivity index (χ0) is 41.0. The van der Waals surface area contributed by atoms with Gasteiger partial charge in [-0.2, -0.15) is 0 Å². The molecule has 3 N–H and O–H groups in total. The molecule has 0 spiro atoms. The number of alkyl halides is 3. The molecule has 0 heterocycles. The van der Waals surface area contributed by atoms with Crippen LogP contribution in [0.25, 0.3) is 11.1 Å². The van der Waals surface area contributed by atoms with E-state index >= 15 is 0 Å². The molecule has 57 heavy (non-hydrogen) atoms. The van der Waals surface area contributed by atoms with Crippen LogP contribution in [0.5, 0.6) is 5.75 Å². The Morgan fingerprint density at radius 1 is 0.930 bits per heavy atom. The highest BCUT2D eigenvalue weighted by Gasteiger charge is 2.57. The van der Waals surface area contributed by atoms with Gasteiger partial charge in [0.25, 0.3) is 0 Å². The monoisotopic (exact) mass is 782 g/mol.